The first kappa shape index (κ1) is 17.5. The Morgan fingerprint density at radius 2 is 2.04 bits per heavy atom. The van der Waals surface area contributed by atoms with E-state index >= 15 is 0 Å². The number of nitrogens with one attached hydrogen (secondary N) is 1. The van der Waals surface area contributed by atoms with Crippen molar-refractivity contribution >= 4 is 12.0 Å². The highest BCUT2D eigenvalue weighted by molar-refractivity contribution is 5.91. The number of hydrogen-bond donors (Lipinski definition) is 1. The van der Waals surface area contributed by atoms with Gasteiger partial charge in [-0.15, -0.1) is 0 Å². The number of hydrogen-bond acceptors (Lipinski definition) is 3. The van der Waals surface area contributed by atoms with Crippen molar-refractivity contribution in [2.24, 2.45) is 0 Å². The Balaban J connectivity index is 1.79. The summed E-state index contributed by atoms with van der Waals surface area (Å²) in [5, 5.41) is 2.71. The lowest BCUT2D eigenvalue weighted by Gasteiger charge is -2.26. The Labute approximate surface area is 132 Å². The number of halogens is 3. The molecule has 23 heavy (non-hydrogen) atoms. The second-order valence-corrected chi connectivity index (χ2v) is 5.20. The molecule has 0 bridgehead atoms. The topological polar surface area (TPSA) is 41.6 Å². The molecule has 1 aliphatic rings. The van der Waals surface area contributed by atoms with Crippen molar-refractivity contribution in [2.45, 2.75) is 6.18 Å². The molecule has 0 spiro atoms. The van der Waals surface area contributed by atoms with Gasteiger partial charge in [0.2, 0.25) is 5.91 Å². The zero-order valence-corrected chi connectivity index (χ0v) is 12.6. The predicted molar refractivity (Wildman–Crippen MR) is 80.7 cm³/mol. The highest BCUT2D eigenvalue weighted by atomic mass is 19.4. The Kier molecular flexibility index (Phi) is 6.18. The monoisotopic (exact) mass is 328 g/mol. The maximum Gasteiger partial charge on any atom is 0.416 e. The van der Waals surface area contributed by atoms with Gasteiger partial charge in [0, 0.05) is 32.3 Å². The molecule has 0 saturated carbocycles. The third-order valence-electron chi connectivity index (χ3n) is 3.47. The van der Waals surface area contributed by atoms with E-state index in [-0.39, 0.29) is 5.91 Å². The quantitative estimate of drug-likeness (QED) is 0.843. The van der Waals surface area contributed by atoms with Crippen LogP contribution in [0.2, 0.25) is 0 Å². The normalized spacial score (nSPS) is 16.7. The predicted octanol–water partition coefficient (Wildman–Crippen LogP) is 2.17. The fourth-order valence-electron chi connectivity index (χ4n) is 2.21. The molecule has 0 aromatic heterocycles. The van der Waals surface area contributed by atoms with Crippen LogP contribution in [0.4, 0.5) is 13.2 Å². The number of carbonyl (C=O) groups is 1. The van der Waals surface area contributed by atoms with Crippen molar-refractivity contribution in [1.29, 1.82) is 0 Å². The van der Waals surface area contributed by atoms with E-state index in [1.165, 1.54) is 24.3 Å². The molecule has 4 nitrogen and oxygen atoms in total. The molecule has 1 aromatic rings. The second-order valence-electron chi connectivity index (χ2n) is 5.20. The minimum absolute atomic E-state index is 0.323. The third-order valence-corrected chi connectivity index (χ3v) is 3.47. The number of amides is 1. The summed E-state index contributed by atoms with van der Waals surface area (Å²) in [6, 6.07) is 4.85. The number of alkyl halides is 3. The molecular weight excluding hydrogens is 309 g/mol. The number of carbonyl (C=O) groups excluding carboxylic acids is 1. The maximum absolute atomic E-state index is 12.6. The molecule has 1 fully saturated rings. The molecule has 7 heteroatoms. The van der Waals surface area contributed by atoms with Crippen LogP contribution in [0, 0.1) is 0 Å². The highest BCUT2D eigenvalue weighted by Crippen LogP contribution is 2.29. The molecular formula is C16H19F3N2O2. The van der Waals surface area contributed by atoms with E-state index in [1.807, 2.05) is 0 Å². The first-order valence-electron chi connectivity index (χ1n) is 7.38. The summed E-state index contributed by atoms with van der Waals surface area (Å²) < 4.78 is 43.0. The first-order chi connectivity index (χ1) is 10.9. The number of ether oxygens (including phenoxy) is 1. The van der Waals surface area contributed by atoms with Gasteiger partial charge in [-0.05, 0) is 23.8 Å². The van der Waals surface area contributed by atoms with Crippen LogP contribution in [0.15, 0.2) is 30.3 Å². The molecule has 1 aliphatic heterocycles. The first-order valence-corrected chi connectivity index (χ1v) is 7.38. The molecule has 0 atom stereocenters. The lowest BCUT2D eigenvalue weighted by atomic mass is 10.1. The summed E-state index contributed by atoms with van der Waals surface area (Å²) in [5.41, 5.74) is -0.393. The molecule has 1 heterocycles. The van der Waals surface area contributed by atoms with E-state index in [4.69, 9.17) is 4.74 Å². The minimum atomic E-state index is -4.38. The van der Waals surface area contributed by atoms with E-state index < -0.39 is 11.7 Å². The van der Waals surface area contributed by atoms with Gasteiger partial charge in [-0.25, -0.2) is 0 Å². The highest BCUT2D eigenvalue weighted by Gasteiger charge is 2.30. The van der Waals surface area contributed by atoms with Gasteiger partial charge >= 0.3 is 6.18 Å². The van der Waals surface area contributed by atoms with Gasteiger partial charge in [0.05, 0.1) is 18.8 Å². The molecule has 2 rings (SSSR count). The van der Waals surface area contributed by atoms with E-state index in [2.05, 4.69) is 10.2 Å². The largest absolute Gasteiger partial charge is 0.416 e. The number of nitrogens with zero attached hydrogens (tertiary/aromatic N) is 1. The van der Waals surface area contributed by atoms with Gasteiger partial charge in [-0.1, -0.05) is 12.1 Å². The van der Waals surface area contributed by atoms with Crippen LogP contribution in [0.25, 0.3) is 6.08 Å². The van der Waals surface area contributed by atoms with Crippen molar-refractivity contribution in [2.75, 3.05) is 39.4 Å². The van der Waals surface area contributed by atoms with Gasteiger partial charge in [0.15, 0.2) is 0 Å². The molecule has 0 radical (unpaired) electrons. The van der Waals surface area contributed by atoms with Crippen molar-refractivity contribution in [3.05, 3.63) is 41.5 Å². The van der Waals surface area contributed by atoms with Gasteiger partial charge < -0.3 is 10.1 Å². The van der Waals surface area contributed by atoms with Crippen molar-refractivity contribution in [3.63, 3.8) is 0 Å². The van der Waals surface area contributed by atoms with Crippen LogP contribution >= 0.6 is 0 Å². The van der Waals surface area contributed by atoms with E-state index in [0.29, 0.717) is 25.3 Å². The number of benzene rings is 1. The van der Waals surface area contributed by atoms with E-state index in [9.17, 15) is 18.0 Å². The van der Waals surface area contributed by atoms with E-state index in [1.54, 1.807) is 0 Å². The molecule has 1 N–H and O–H groups in total. The second kappa shape index (κ2) is 8.12. The van der Waals surface area contributed by atoms with Crippen molar-refractivity contribution < 1.29 is 22.7 Å². The zero-order chi connectivity index (χ0) is 16.7. The molecule has 1 aromatic carbocycles. The summed E-state index contributed by atoms with van der Waals surface area (Å²) in [7, 11) is 0. The van der Waals surface area contributed by atoms with Crippen LogP contribution in [-0.4, -0.2) is 50.2 Å². The molecule has 0 aliphatic carbocycles. The van der Waals surface area contributed by atoms with E-state index in [0.717, 1.165) is 31.8 Å². The van der Waals surface area contributed by atoms with Gasteiger partial charge in [-0.3, -0.25) is 9.69 Å². The lowest BCUT2D eigenvalue weighted by molar-refractivity contribution is -0.137. The Morgan fingerprint density at radius 1 is 1.30 bits per heavy atom. The summed E-state index contributed by atoms with van der Waals surface area (Å²) in [6.45, 7) is 4.30. The SMILES string of the molecule is O=C(/C=C/c1cccc(C(F)(F)F)c1)NCCN1CCOCC1. The average molecular weight is 328 g/mol. The minimum Gasteiger partial charge on any atom is -0.379 e. The number of rotatable bonds is 5. The van der Waals surface area contributed by atoms with Crippen LogP contribution in [0.5, 0.6) is 0 Å². The third kappa shape index (κ3) is 6.03. The zero-order valence-electron chi connectivity index (χ0n) is 12.6. The smallest absolute Gasteiger partial charge is 0.379 e. The summed E-state index contributed by atoms with van der Waals surface area (Å²) in [6.07, 6.45) is -1.77. The van der Waals surface area contributed by atoms with Crippen molar-refractivity contribution in [1.82, 2.24) is 10.2 Å². The molecule has 126 valence electrons. The summed E-state index contributed by atoms with van der Waals surface area (Å²) in [4.78, 5) is 13.9. The maximum atomic E-state index is 12.6. The van der Waals surface area contributed by atoms with Gasteiger partial charge in [0.1, 0.15) is 0 Å². The van der Waals surface area contributed by atoms with Crippen LogP contribution in [0.1, 0.15) is 11.1 Å². The van der Waals surface area contributed by atoms with Crippen LogP contribution in [0.3, 0.4) is 0 Å². The fourth-order valence-corrected chi connectivity index (χ4v) is 2.21. The summed E-state index contributed by atoms with van der Waals surface area (Å²) in [5.74, 6) is -0.323. The molecule has 0 unspecified atom stereocenters. The number of morpholine rings is 1. The standard InChI is InChI=1S/C16H19F3N2O2/c17-16(18,19)14-3-1-2-13(12-14)4-5-15(22)20-6-7-21-8-10-23-11-9-21/h1-5,12H,6-11H2,(H,20,22)/b5-4+. The lowest BCUT2D eigenvalue weighted by Crippen LogP contribution is -2.41. The van der Waals surface area contributed by atoms with Crippen LogP contribution < -0.4 is 5.32 Å². The summed E-state index contributed by atoms with van der Waals surface area (Å²) >= 11 is 0. The van der Waals surface area contributed by atoms with Gasteiger partial charge in [0.25, 0.3) is 0 Å². The molecule has 1 saturated heterocycles. The average Bonchev–Trinajstić information content (AvgIpc) is 2.53. The fraction of sp³-hybridized carbons (Fsp3) is 0.438. The van der Waals surface area contributed by atoms with Gasteiger partial charge in [-0.2, -0.15) is 13.2 Å². The van der Waals surface area contributed by atoms with Crippen LogP contribution in [-0.2, 0) is 15.7 Å². The Hall–Kier alpha value is -1.86. The van der Waals surface area contributed by atoms with Crippen molar-refractivity contribution in [3.8, 4) is 0 Å². The Morgan fingerprint density at radius 3 is 2.74 bits per heavy atom. The molecule has 1 amide bonds. The Bertz CT molecular complexity index is 553.